The summed E-state index contributed by atoms with van der Waals surface area (Å²) in [4.78, 5) is 26.8. The number of nitro groups is 1. The van der Waals surface area contributed by atoms with E-state index in [2.05, 4.69) is 10.3 Å². The van der Waals surface area contributed by atoms with Crippen LogP contribution in [0.3, 0.4) is 0 Å². The molecule has 6 nitrogen and oxygen atoms in total. The van der Waals surface area contributed by atoms with Crippen molar-refractivity contribution < 1.29 is 9.72 Å². The molecule has 1 N–H and O–H groups in total. The number of pyridine rings is 1. The van der Waals surface area contributed by atoms with Gasteiger partial charge in [-0.15, -0.1) is 0 Å². The van der Waals surface area contributed by atoms with Gasteiger partial charge < -0.3 is 5.32 Å². The van der Waals surface area contributed by atoms with Crippen molar-refractivity contribution in [1.82, 2.24) is 10.3 Å². The third-order valence-corrected chi connectivity index (χ3v) is 2.91. The Kier molecular flexibility index (Phi) is 3.93. The van der Waals surface area contributed by atoms with Gasteiger partial charge in [-0.2, -0.15) is 0 Å². The fourth-order valence-electron chi connectivity index (χ4n) is 1.98. The highest BCUT2D eigenvalue weighted by Gasteiger charge is 2.15. The Morgan fingerprint density at radius 2 is 2.15 bits per heavy atom. The molecule has 0 atom stereocenters. The lowest BCUT2D eigenvalue weighted by Crippen LogP contribution is -2.24. The van der Waals surface area contributed by atoms with Gasteiger partial charge in [0.05, 0.1) is 16.0 Å². The summed E-state index contributed by atoms with van der Waals surface area (Å²) >= 11 is 0. The molecule has 0 spiro atoms. The van der Waals surface area contributed by atoms with Crippen molar-refractivity contribution in [3.8, 4) is 0 Å². The van der Waals surface area contributed by atoms with Gasteiger partial charge in [0.2, 0.25) is 0 Å². The van der Waals surface area contributed by atoms with Crippen LogP contribution in [-0.4, -0.2) is 22.4 Å². The zero-order valence-electron chi connectivity index (χ0n) is 11.3. The molecular formula is C14H15N3O3. The molecule has 104 valence electrons. The number of benzene rings is 1. The summed E-state index contributed by atoms with van der Waals surface area (Å²) in [6.07, 6.45) is 0.827. The van der Waals surface area contributed by atoms with Crippen LogP contribution < -0.4 is 5.32 Å². The minimum absolute atomic E-state index is 0.0484. The standard InChI is InChI=1S/C14H15N3O3/c1-3-6-15-14(18)12-7-9(2)16-13-5-4-10(17(19)20)8-11(12)13/h4-5,7-8H,3,6H2,1-2H3,(H,15,18). The highest BCUT2D eigenvalue weighted by atomic mass is 16.6. The maximum Gasteiger partial charge on any atom is 0.270 e. The average Bonchev–Trinajstić information content (AvgIpc) is 2.43. The average molecular weight is 273 g/mol. The largest absolute Gasteiger partial charge is 0.352 e. The molecule has 1 aromatic carbocycles. The Hall–Kier alpha value is -2.50. The zero-order valence-corrected chi connectivity index (χ0v) is 11.3. The van der Waals surface area contributed by atoms with Crippen LogP contribution in [0.1, 0.15) is 29.4 Å². The lowest BCUT2D eigenvalue weighted by atomic mass is 10.1. The summed E-state index contributed by atoms with van der Waals surface area (Å²) in [6, 6.07) is 6.00. The molecule has 0 fully saturated rings. The summed E-state index contributed by atoms with van der Waals surface area (Å²) in [5.41, 5.74) is 1.66. The zero-order chi connectivity index (χ0) is 14.7. The van der Waals surface area contributed by atoms with Crippen molar-refractivity contribution in [2.75, 3.05) is 6.54 Å². The molecule has 0 radical (unpaired) electrons. The lowest BCUT2D eigenvalue weighted by Gasteiger charge is -2.08. The van der Waals surface area contributed by atoms with Crippen LogP contribution in [0.5, 0.6) is 0 Å². The predicted molar refractivity (Wildman–Crippen MR) is 75.8 cm³/mol. The van der Waals surface area contributed by atoms with Crippen molar-refractivity contribution >= 4 is 22.5 Å². The minimum Gasteiger partial charge on any atom is -0.352 e. The van der Waals surface area contributed by atoms with Crippen LogP contribution in [-0.2, 0) is 0 Å². The number of non-ortho nitro benzene ring substituents is 1. The minimum atomic E-state index is -0.479. The third-order valence-electron chi connectivity index (χ3n) is 2.91. The number of aromatic nitrogens is 1. The Bertz CT molecular complexity index is 683. The molecule has 0 aliphatic rings. The van der Waals surface area contributed by atoms with E-state index in [0.717, 1.165) is 6.42 Å². The Labute approximate surface area is 116 Å². The normalized spacial score (nSPS) is 10.5. The highest BCUT2D eigenvalue weighted by Crippen LogP contribution is 2.23. The smallest absolute Gasteiger partial charge is 0.270 e. The van der Waals surface area contributed by atoms with Gasteiger partial charge in [-0.3, -0.25) is 19.9 Å². The van der Waals surface area contributed by atoms with Gasteiger partial charge in [-0.25, -0.2) is 0 Å². The van der Waals surface area contributed by atoms with Crippen LogP contribution >= 0.6 is 0 Å². The Morgan fingerprint density at radius 3 is 2.80 bits per heavy atom. The molecule has 1 amide bonds. The molecule has 2 rings (SSSR count). The highest BCUT2D eigenvalue weighted by molar-refractivity contribution is 6.06. The molecule has 6 heteroatoms. The van der Waals surface area contributed by atoms with Gasteiger partial charge in [0.15, 0.2) is 0 Å². The van der Waals surface area contributed by atoms with Crippen molar-refractivity contribution in [2.24, 2.45) is 0 Å². The number of nitrogens with zero attached hydrogens (tertiary/aromatic N) is 2. The fraction of sp³-hybridized carbons (Fsp3) is 0.286. The van der Waals surface area contributed by atoms with E-state index < -0.39 is 4.92 Å². The Balaban J connectivity index is 2.58. The van der Waals surface area contributed by atoms with Crippen LogP contribution in [0.4, 0.5) is 5.69 Å². The van der Waals surface area contributed by atoms with Crippen LogP contribution in [0.15, 0.2) is 24.3 Å². The van der Waals surface area contributed by atoms with Crippen molar-refractivity contribution in [2.45, 2.75) is 20.3 Å². The molecule has 1 aromatic heterocycles. The molecule has 0 aliphatic carbocycles. The summed E-state index contributed by atoms with van der Waals surface area (Å²) in [6.45, 7) is 4.31. The van der Waals surface area contributed by atoms with Crippen molar-refractivity contribution in [1.29, 1.82) is 0 Å². The number of aryl methyl sites for hydroxylation is 1. The maximum absolute atomic E-state index is 12.1. The van der Waals surface area contributed by atoms with E-state index in [1.807, 2.05) is 6.92 Å². The van der Waals surface area contributed by atoms with Crippen molar-refractivity contribution in [3.05, 3.63) is 45.6 Å². The molecular weight excluding hydrogens is 258 g/mol. The molecule has 20 heavy (non-hydrogen) atoms. The van der Waals surface area contributed by atoms with Gasteiger partial charge >= 0.3 is 0 Å². The number of rotatable bonds is 4. The first kappa shape index (κ1) is 13.9. The monoisotopic (exact) mass is 273 g/mol. The maximum atomic E-state index is 12.1. The quantitative estimate of drug-likeness (QED) is 0.685. The van der Waals surface area contributed by atoms with E-state index in [4.69, 9.17) is 0 Å². The second-order valence-electron chi connectivity index (χ2n) is 4.53. The van der Waals surface area contributed by atoms with E-state index in [-0.39, 0.29) is 11.6 Å². The number of hydrogen-bond donors (Lipinski definition) is 1. The molecule has 2 aromatic rings. The summed E-state index contributed by atoms with van der Waals surface area (Å²) < 4.78 is 0. The number of hydrogen-bond acceptors (Lipinski definition) is 4. The number of carbonyl (C=O) groups excluding carboxylic acids is 1. The fourth-order valence-corrected chi connectivity index (χ4v) is 1.98. The molecule has 0 aliphatic heterocycles. The molecule has 0 bridgehead atoms. The van der Waals surface area contributed by atoms with E-state index >= 15 is 0 Å². The number of fused-ring (bicyclic) bond motifs is 1. The van der Waals surface area contributed by atoms with E-state index in [1.54, 1.807) is 19.1 Å². The van der Waals surface area contributed by atoms with Gasteiger partial charge in [0.25, 0.3) is 11.6 Å². The van der Waals surface area contributed by atoms with Crippen LogP contribution in [0.25, 0.3) is 10.9 Å². The van der Waals surface area contributed by atoms with Gasteiger partial charge in [-0.05, 0) is 25.5 Å². The second kappa shape index (κ2) is 5.64. The van der Waals surface area contributed by atoms with Crippen molar-refractivity contribution in [3.63, 3.8) is 0 Å². The molecule has 0 unspecified atom stereocenters. The first-order valence-electron chi connectivity index (χ1n) is 6.37. The number of amides is 1. The van der Waals surface area contributed by atoms with E-state index in [0.29, 0.717) is 28.7 Å². The summed E-state index contributed by atoms with van der Waals surface area (Å²) in [5, 5.41) is 14.1. The summed E-state index contributed by atoms with van der Waals surface area (Å²) in [5.74, 6) is -0.233. The number of nitro benzene ring substituents is 1. The van der Waals surface area contributed by atoms with Gasteiger partial charge in [-0.1, -0.05) is 6.92 Å². The first-order valence-corrected chi connectivity index (χ1v) is 6.37. The third kappa shape index (κ3) is 2.74. The van der Waals surface area contributed by atoms with Crippen LogP contribution in [0, 0.1) is 17.0 Å². The molecule has 0 saturated heterocycles. The van der Waals surface area contributed by atoms with E-state index in [9.17, 15) is 14.9 Å². The number of carbonyl (C=O) groups is 1. The lowest BCUT2D eigenvalue weighted by molar-refractivity contribution is -0.384. The molecule has 0 saturated carbocycles. The Morgan fingerprint density at radius 1 is 1.40 bits per heavy atom. The topological polar surface area (TPSA) is 85.1 Å². The number of nitrogens with one attached hydrogen (secondary N) is 1. The van der Waals surface area contributed by atoms with E-state index in [1.165, 1.54) is 12.1 Å². The SMILES string of the molecule is CCCNC(=O)c1cc(C)nc2ccc([N+](=O)[O-])cc12. The summed E-state index contributed by atoms with van der Waals surface area (Å²) in [7, 11) is 0. The second-order valence-corrected chi connectivity index (χ2v) is 4.53. The first-order chi connectivity index (χ1) is 9.52. The van der Waals surface area contributed by atoms with Gasteiger partial charge in [0.1, 0.15) is 0 Å². The van der Waals surface area contributed by atoms with Gasteiger partial charge in [0, 0.05) is 29.8 Å². The van der Waals surface area contributed by atoms with Crippen LogP contribution in [0.2, 0.25) is 0 Å². The molecule has 1 heterocycles. The predicted octanol–water partition coefficient (Wildman–Crippen LogP) is 2.59.